The Labute approximate surface area is 158 Å². The second kappa shape index (κ2) is 7.11. The molecule has 0 aliphatic heterocycles. The Bertz CT molecular complexity index is 1040. The van der Waals surface area contributed by atoms with Crippen molar-refractivity contribution in [1.29, 1.82) is 0 Å². The number of anilines is 1. The predicted molar refractivity (Wildman–Crippen MR) is 105 cm³/mol. The van der Waals surface area contributed by atoms with Gasteiger partial charge in [-0.2, -0.15) is 0 Å². The van der Waals surface area contributed by atoms with Gasteiger partial charge in [0.2, 0.25) is 0 Å². The number of imidazole rings is 1. The topological polar surface area (TPSA) is 70.7 Å². The van der Waals surface area contributed by atoms with Crippen LogP contribution in [0.1, 0.15) is 10.5 Å². The summed E-state index contributed by atoms with van der Waals surface area (Å²) >= 11 is 7.43. The highest BCUT2D eigenvalue weighted by Gasteiger charge is 2.09. The molecule has 0 unspecified atom stereocenters. The molecule has 7 heteroatoms. The first-order valence-electron chi connectivity index (χ1n) is 7.80. The van der Waals surface area contributed by atoms with Crippen LogP contribution in [-0.4, -0.2) is 20.9 Å². The van der Waals surface area contributed by atoms with Crippen molar-refractivity contribution in [2.24, 2.45) is 0 Å². The van der Waals surface area contributed by atoms with Gasteiger partial charge in [0.1, 0.15) is 11.5 Å². The number of nitrogens with zero attached hydrogens (tertiary/aromatic N) is 2. The number of halogens is 1. The second-order valence-electron chi connectivity index (χ2n) is 5.55. The summed E-state index contributed by atoms with van der Waals surface area (Å²) < 4.78 is 0. The number of carbonyl (C=O) groups excluding carboxylic acids is 1. The zero-order chi connectivity index (χ0) is 17.9. The van der Waals surface area contributed by atoms with Crippen LogP contribution in [0, 0.1) is 0 Å². The number of H-pyrrole nitrogens is 1. The van der Waals surface area contributed by atoms with Gasteiger partial charge in [0.25, 0.3) is 5.91 Å². The molecule has 4 aromatic rings. The molecule has 2 N–H and O–H groups in total. The SMILES string of the molecule is O=C(Nc1ccc(-c2nc(-c3cccc(Cl)c3)c[nH]2)cc1)c1cscn1. The summed E-state index contributed by atoms with van der Waals surface area (Å²) in [5, 5.41) is 5.21. The lowest BCUT2D eigenvalue weighted by molar-refractivity contribution is 0.102. The third kappa shape index (κ3) is 3.51. The molecular weight excluding hydrogens is 368 g/mol. The Hall–Kier alpha value is -2.96. The van der Waals surface area contributed by atoms with E-state index in [9.17, 15) is 4.79 Å². The number of benzene rings is 2. The molecule has 0 saturated heterocycles. The van der Waals surface area contributed by atoms with Gasteiger partial charge in [-0.15, -0.1) is 11.3 Å². The van der Waals surface area contributed by atoms with E-state index in [1.165, 1.54) is 11.3 Å². The van der Waals surface area contributed by atoms with Gasteiger partial charge in [0.15, 0.2) is 0 Å². The van der Waals surface area contributed by atoms with Crippen molar-refractivity contribution in [3.05, 3.63) is 76.3 Å². The highest BCUT2D eigenvalue weighted by atomic mass is 35.5. The van der Waals surface area contributed by atoms with E-state index in [2.05, 4.69) is 20.3 Å². The van der Waals surface area contributed by atoms with Crippen LogP contribution < -0.4 is 5.32 Å². The minimum atomic E-state index is -0.222. The zero-order valence-electron chi connectivity index (χ0n) is 13.4. The third-order valence-corrected chi connectivity index (χ3v) is 4.60. The molecule has 0 bridgehead atoms. The number of aromatic nitrogens is 3. The Balaban J connectivity index is 1.51. The minimum absolute atomic E-state index is 0.222. The number of nitrogens with one attached hydrogen (secondary N) is 2. The average Bonchev–Trinajstić information content (AvgIpc) is 3.35. The molecule has 2 aromatic carbocycles. The average molecular weight is 381 g/mol. The van der Waals surface area contributed by atoms with Gasteiger partial charge in [-0.25, -0.2) is 9.97 Å². The molecular formula is C19H13ClN4OS. The van der Waals surface area contributed by atoms with Crippen molar-refractivity contribution in [1.82, 2.24) is 15.0 Å². The van der Waals surface area contributed by atoms with Crippen LogP contribution in [0.4, 0.5) is 5.69 Å². The lowest BCUT2D eigenvalue weighted by Crippen LogP contribution is -2.11. The highest BCUT2D eigenvalue weighted by Crippen LogP contribution is 2.25. The second-order valence-corrected chi connectivity index (χ2v) is 6.70. The summed E-state index contributed by atoms with van der Waals surface area (Å²) in [6, 6.07) is 15.0. The maximum absolute atomic E-state index is 12.0. The predicted octanol–water partition coefficient (Wildman–Crippen LogP) is 5.11. The Morgan fingerprint density at radius 1 is 1.12 bits per heavy atom. The summed E-state index contributed by atoms with van der Waals surface area (Å²) in [6.07, 6.45) is 1.85. The van der Waals surface area contributed by atoms with Crippen molar-refractivity contribution in [3.63, 3.8) is 0 Å². The number of hydrogen-bond acceptors (Lipinski definition) is 4. The van der Waals surface area contributed by atoms with Crippen LogP contribution in [0.25, 0.3) is 22.6 Å². The smallest absolute Gasteiger partial charge is 0.275 e. The highest BCUT2D eigenvalue weighted by molar-refractivity contribution is 7.07. The van der Waals surface area contributed by atoms with Gasteiger partial charge >= 0.3 is 0 Å². The fraction of sp³-hybridized carbons (Fsp3) is 0. The van der Waals surface area contributed by atoms with Gasteiger partial charge < -0.3 is 10.3 Å². The van der Waals surface area contributed by atoms with Crippen molar-refractivity contribution >= 4 is 34.5 Å². The van der Waals surface area contributed by atoms with Gasteiger partial charge in [0.05, 0.1) is 11.2 Å². The van der Waals surface area contributed by atoms with Crippen molar-refractivity contribution < 1.29 is 4.79 Å². The molecule has 0 spiro atoms. The van der Waals surface area contributed by atoms with E-state index in [0.29, 0.717) is 16.4 Å². The van der Waals surface area contributed by atoms with Gasteiger partial charge in [-0.3, -0.25) is 4.79 Å². The molecule has 5 nitrogen and oxygen atoms in total. The van der Waals surface area contributed by atoms with E-state index in [1.54, 1.807) is 10.9 Å². The van der Waals surface area contributed by atoms with Crippen molar-refractivity contribution in [2.75, 3.05) is 5.32 Å². The molecule has 2 heterocycles. The normalized spacial score (nSPS) is 10.7. The first kappa shape index (κ1) is 16.5. The Morgan fingerprint density at radius 2 is 1.96 bits per heavy atom. The molecule has 0 saturated carbocycles. The van der Waals surface area contributed by atoms with Crippen LogP contribution in [0.3, 0.4) is 0 Å². The standard InChI is InChI=1S/C19H13ClN4OS/c20-14-3-1-2-13(8-14)16-9-21-18(24-16)12-4-6-15(7-5-12)23-19(25)17-10-26-11-22-17/h1-11H,(H,21,24)(H,23,25). The monoisotopic (exact) mass is 380 g/mol. The lowest BCUT2D eigenvalue weighted by atomic mass is 10.2. The minimum Gasteiger partial charge on any atom is -0.344 e. The van der Waals surface area contributed by atoms with E-state index in [4.69, 9.17) is 11.6 Å². The molecule has 1 amide bonds. The maximum atomic E-state index is 12.0. The van der Waals surface area contributed by atoms with Crippen molar-refractivity contribution in [3.8, 4) is 22.6 Å². The molecule has 0 radical (unpaired) electrons. The summed E-state index contributed by atoms with van der Waals surface area (Å²) in [5.74, 6) is 0.526. The molecule has 0 aliphatic carbocycles. The number of aromatic amines is 1. The van der Waals surface area contributed by atoms with E-state index in [-0.39, 0.29) is 5.91 Å². The van der Waals surface area contributed by atoms with Crippen LogP contribution >= 0.6 is 22.9 Å². The summed E-state index contributed by atoms with van der Waals surface area (Å²) in [7, 11) is 0. The maximum Gasteiger partial charge on any atom is 0.275 e. The first-order chi connectivity index (χ1) is 12.7. The molecule has 26 heavy (non-hydrogen) atoms. The Morgan fingerprint density at radius 3 is 2.69 bits per heavy atom. The fourth-order valence-corrected chi connectivity index (χ4v) is 3.22. The molecule has 0 fully saturated rings. The van der Waals surface area contributed by atoms with E-state index < -0.39 is 0 Å². The quantitative estimate of drug-likeness (QED) is 0.517. The summed E-state index contributed by atoms with van der Waals surface area (Å²) in [5.41, 5.74) is 5.44. The van der Waals surface area contributed by atoms with Crippen LogP contribution in [0.15, 0.2) is 65.6 Å². The molecule has 0 atom stereocenters. The Kier molecular flexibility index (Phi) is 4.51. The first-order valence-corrected chi connectivity index (χ1v) is 9.12. The van der Waals surface area contributed by atoms with E-state index in [1.807, 2.05) is 54.7 Å². The molecule has 128 valence electrons. The third-order valence-electron chi connectivity index (χ3n) is 3.78. The number of amides is 1. The number of rotatable bonds is 4. The number of carbonyl (C=O) groups is 1. The van der Waals surface area contributed by atoms with E-state index in [0.717, 1.165) is 22.6 Å². The number of thiazole rings is 1. The zero-order valence-corrected chi connectivity index (χ0v) is 15.0. The van der Waals surface area contributed by atoms with Crippen LogP contribution in [0.5, 0.6) is 0 Å². The van der Waals surface area contributed by atoms with Crippen LogP contribution in [0.2, 0.25) is 5.02 Å². The van der Waals surface area contributed by atoms with Gasteiger partial charge in [0, 0.05) is 33.4 Å². The fourth-order valence-electron chi connectivity index (χ4n) is 2.50. The van der Waals surface area contributed by atoms with Crippen LogP contribution in [-0.2, 0) is 0 Å². The molecule has 0 aliphatic rings. The molecule has 4 rings (SSSR count). The lowest BCUT2D eigenvalue weighted by Gasteiger charge is -2.04. The summed E-state index contributed by atoms with van der Waals surface area (Å²) in [4.78, 5) is 23.8. The summed E-state index contributed by atoms with van der Waals surface area (Å²) in [6.45, 7) is 0. The van der Waals surface area contributed by atoms with Gasteiger partial charge in [-0.05, 0) is 36.4 Å². The largest absolute Gasteiger partial charge is 0.344 e. The van der Waals surface area contributed by atoms with Gasteiger partial charge in [-0.1, -0.05) is 23.7 Å². The molecule has 2 aromatic heterocycles. The van der Waals surface area contributed by atoms with E-state index >= 15 is 0 Å². The van der Waals surface area contributed by atoms with Crippen molar-refractivity contribution in [2.45, 2.75) is 0 Å². The number of hydrogen-bond donors (Lipinski definition) is 2.